The van der Waals surface area contributed by atoms with Gasteiger partial charge in [-0.15, -0.1) is 0 Å². The van der Waals surface area contributed by atoms with E-state index >= 15 is 0 Å². The molecular formula is C19H34N6O. The average Bonchev–Trinajstić information content (AvgIpc) is 2.97. The van der Waals surface area contributed by atoms with E-state index in [4.69, 9.17) is 4.74 Å². The Balaban J connectivity index is 1.53. The molecule has 0 saturated carbocycles. The summed E-state index contributed by atoms with van der Waals surface area (Å²) in [5.41, 5.74) is 0.161. The minimum absolute atomic E-state index is 0.161. The highest BCUT2D eigenvalue weighted by Gasteiger charge is 2.35. The monoisotopic (exact) mass is 362 g/mol. The summed E-state index contributed by atoms with van der Waals surface area (Å²) >= 11 is 0. The van der Waals surface area contributed by atoms with E-state index in [9.17, 15) is 0 Å². The molecule has 2 N–H and O–H groups in total. The summed E-state index contributed by atoms with van der Waals surface area (Å²) in [4.78, 5) is 8.90. The first-order valence-corrected chi connectivity index (χ1v) is 9.86. The van der Waals surface area contributed by atoms with Gasteiger partial charge in [0.05, 0.1) is 12.6 Å². The topological polar surface area (TPSA) is 76.4 Å². The highest BCUT2D eigenvalue weighted by Crippen LogP contribution is 2.33. The van der Waals surface area contributed by atoms with Crippen molar-refractivity contribution in [2.24, 2.45) is 16.3 Å². The van der Waals surface area contributed by atoms with Gasteiger partial charge in [-0.25, -0.2) is 9.67 Å². The minimum atomic E-state index is 0.161. The molecule has 2 aliphatic heterocycles. The fourth-order valence-electron chi connectivity index (χ4n) is 4.18. The van der Waals surface area contributed by atoms with Crippen molar-refractivity contribution in [2.75, 3.05) is 20.2 Å². The molecule has 146 valence electrons. The van der Waals surface area contributed by atoms with Gasteiger partial charge in [0.2, 0.25) is 0 Å². The van der Waals surface area contributed by atoms with Crippen molar-refractivity contribution in [1.29, 1.82) is 0 Å². The number of hydrogen-bond donors (Lipinski definition) is 2. The summed E-state index contributed by atoms with van der Waals surface area (Å²) in [6.07, 6.45) is 4.64. The lowest BCUT2D eigenvalue weighted by Gasteiger charge is -2.40. The Kier molecular flexibility index (Phi) is 5.85. The number of guanidine groups is 1. The summed E-state index contributed by atoms with van der Waals surface area (Å²) < 4.78 is 8.12. The van der Waals surface area contributed by atoms with E-state index in [1.54, 1.807) is 0 Å². The molecule has 0 radical (unpaired) electrons. The predicted octanol–water partition coefficient (Wildman–Crippen LogP) is 1.91. The van der Waals surface area contributed by atoms with Gasteiger partial charge < -0.3 is 15.4 Å². The van der Waals surface area contributed by atoms with E-state index in [2.05, 4.69) is 46.5 Å². The zero-order valence-electron chi connectivity index (χ0n) is 16.9. The van der Waals surface area contributed by atoms with E-state index in [1.165, 1.54) is 6.42 Å². The summed E-state index contributed by atoms with van der Waals surface area (Å²) in [6.45, 7) is 11.4. The Morgan fingerprint density at radius 2 is 2.15 bits per heavy atom. The lowest BCUT2D eigenvalue weighted by Crippen LogP contribution is -2.50. The second kappa shape index (κ2) is 7.94. The number of nitrogens with zero attached hydrogens (tertiary/aromatic N) is 4. The van der Waals surface area contributed by atoms with Gasteiger partial charge in [-0.05, 0) is 31.6 Å². The summed E-state index contributed by atoms with van der Waals surface area (Å²) in [5.74, 6) is 3.33. The van der Waals surface area contributed by atoms with E-state index in [1.807, 2.05) is 18.7 Å². The molecule has 0 aliphatic carbocycles. The number of hydrogen-bond acceptors (Lipinski definition) is 4. The van der Waals surface area contributed by atoms with Crippen LogP contribution in [0, 0.1) is 18.3 Å². The number of nitrogens with one attached hydrogen (secondary N) is 2. The molecule has 3 rings (SSSR count). The van der Waals surface area contributed by atoms with Crippen molar-refractivity contribution >= 4 is 5.96 Å². The van der Waals surface area contributed by atoms with E-state index in [-0.39, 0.29) is 11.5 Å². The van der Waals surface area contributed by atoms with E-state index in [0.29, 0.717) is 12.0 Å². The fraction of sp³-hybridized carbons (Fsp3) is 0.842. The minimum Gasteiger partial charge on any atom is -0.377 e. The average molecular weight is 363 g/mol. The van der Waals surface area contributed by atoms with Crippen LogP contribution in [0.5, 0.6) is 0 Å². The van der Waals surface area contributed by atoms with Gasteiger partial charge in [-0.3, -0.25) is 4.99 Å². The molecule has 0 amide bonds. The maximum absolute atomic E-state index is 6.09. The van der Waals surface area contributed by atoms with Crippen LogP contribution in [0.1, 0.15) is 51.7 Å². The lowest BCUT2D eigenvalue weighted by molar-refractivity contribution is -0.0835. The third-order valence-corrected chi connectivity index (χ3v) is 5.36. The Morgan fingerprint density at radius 3 is 2.88 bits per heavy atom. The van der Waals surface area contributed by atoms with Crippen molar-refractivity contribution in [3.05, 3.63) is 11.6 Å². The molecule has 1 aromatic rings. The van der Waals surface area contributed by atoms with Crippen molar-refractivity contribution in [2.45, 2.75) is 72.1 Å². The van der Waals surface area contributed by atoms with Crippen molar-refractivity contribution in [3.8, 4) is 0 Å². The Hall–Kier alpha value is -1.63. The summed E-state index contributed by atoms with van der Waals surface area (Å²) in [5, 5.41) is 11.6. The van der Waals surface area contributed by atoms with Crippen LogP contribution in [0.3, 0.4) is 0 Å². The SMILES string of the molecule is CN=C(NCC1CCCOC1C(C)(C)C)NC1CCc2nc(C)nn2C1. The molecule has 0 aromatic carbocycles. The highest BCUT2D eigenvalue weighted by atomic mass is 16.5. The van der Waals surface area contributed by atoms with Crippen LogP contribution in [0.2, 0.25) is 0 Å². The number of aryl methyl sites for hydroxylation is 2. The molecular weight excluding hydrogens is 328 g/mol. The lowest BCUT2D eigenvalue weighted by atomic mass is 9.78. The largest absolute Gasteiger partial charge is 0.377 e. The maximum Gasteiger partial charge on any atom is 0.191 e. The standard InChI is InChI=1S/C19H34N6O/c1-13-22-16-9-8-15(12-25(16)24-13)23-18(20-5)21-11-14-7-6-10-26-17(14)19(2,3)4/h14-15,17H,6-12H2,1-5H3,(H2,20,21,23). The molecule has 3 atom stereocenters. The summed E-state index contributed by atoms with van der Waals surface area (Å²) in [7, 11) is 1.84. The van der Waals surface area contributed by atoms with Crippen molar-refractivity contribution < 1.29 is 4.74 Å². The molecule has 7 nitrogen and oxygen atoms in total. The maximum atomic E-state index is 6.09. The molecule has 0 bridgehead atoms. The van der Waals surface area contributed by atoms with Crippen LogP contribution in [-0.2, 0) is 17.7 Å². The van der Waals surface area contributed by atoms with E-state index in [0.717, 1.165) is 56.6 Å². The van der Waals surface area contributed by atoms with Crippen LogP contribution in [0.4, 0.5) is 0 Å². The zero-order valence-corrected chi connectivity index (χ0v) is 16.9. The normalized spacial score (nSPS) is 27.1. The zero-order chi connectivity index (χ0) is 18.7. The molecule has 26 heavy (non-hydrogen) atoms. The second-order valence-electron chi connectivity index (χ2n) is 8.65. The van der Waals surface area contributed by atoms with Crippen LogP contribution in [0.25, 0.3) is 0 Å². The van der Waals surface area contributed by atoms with Gasteiger partial charge in [-0.2, -0.15) is 5.10 Å². The van der Waals surface area contributed by atoms with Gasteiger partial charge in [0.1, 0.15) is 11.6 Å². The van der Waals surface area contributed by atoms with Crippen LogP contribution in [-0.4, -0.2) is 53.1 Å². The molecule has 1 aromatic heterocycles. The third-order valence-electron chi connectivity index (χ3n) is 5.36. The van der Waals surface area contributed by atoms with Gasteiger partial charge in [0, 0.05) is 38.6 Å². The van der Waals surface area contributed by atoms with Crippen LogP contribution >= 0.6 is 0 Å². The molecule has 0 spiro atoms. The van der Waals surface area contributed by atoms with Gasteiger partial charge >= 0.3 is 0 Å². The first-order chi connectivity index (χ1) is 12.4. The highest BCUT2D eigenvalue weighted by molar-refractivity contribution is 5.79. The molecule has 3 unspecified atom stereocenters. The quantitative estimate of drug-likeness (QED) is 0.634. The first kappa shape index (κ1) is 19.1. The third kappa shape index (κ3) is 4.55. The number of rotatable bonds is 3. The number of fused-ring (bicyclic) bond motifs is 1. The second-order valence-corrected chi connectivity index (χ2v) is 8.65. The number of aliphatic imine (C=N–C) groups is 1. The Bertz CT molecular complexity index is 632. The molecule has 1 fully saturated rings. The smallest absolute Gasteiger partial charge is 0.191 e. The molecule has 7 heteroatoms. The van der Waals surface area contributed by atoms with Gasteiger partial charge in [0.25, 0.3) is 0 Å². The molecule has 1 saturated heterocycles. The molecule has 2 aliphatic rings. The van der Waals surface area contributed by atoms with Crippen molar-refractivity contribution in [1.82, 2.24) is 25.4 Å². The number of aromatic nitrogens is 3. The van der Waals surface area contributed by atoms with E-state index < -0.39 is 0 Å². The predicted molar refractivity (Wildman–Crippen MR) is 103 cm³/mol. The van der Waals surface area contributed by atoms with Gasteiger partial charge in [-0.1, -0.05) is 20.8 Å². The molecule has 3 heterocycles. The first-order valence-electron chi connectivity index (χ1n) is 9.86. The van der Waals surface area contributed by atoms with Crippen LogP contribution in [0.15, 0.2) is 4.99 Å². The Labute approximate surface area is 157 Å². The summed E-state index contributed by atoms with van der Waals surface area (Å²) in [6, 6.07) is 0.329. The Morgan fingerprint density at radius 1 is 1.35 bits per heavy atom. The van der Waals surface area contributed by atoms with Crippen molar-refractivity contribution in [3.63, 3.8) is 0 Å². The fourth-order valence-corrected chi connectivity index (χ4v) is 4.18. The van der Waals surface area contributed by atoms with Gasteiger partial charge in [0.15, 0.2) is 5.96 Å². The number of ether oxygens (including phenoxy) is 1. The van der Waals surface area contributed by atoms with Crippen LogP contribution < -0.4 is 10.6 Å².